The first-order chi connectivity index (χ1) is 12.8. The molecule has 0 saturated heterocycles. The Balaban J connectivity index is 1.97. The molecule has 1 aromatic heterocycles. The molecule has 8 heteroatoms. The van der Waals surface area contributed by atoms with Crippen molar-refractivity contribution < 1.29 is 23.2 Å². The third-order valence-corrected chi connectivity index (χ3v) is 4.07. The third kappa shape index (κ3) is 4.17. The molecule has 27 heavy (non-hydrogen) atoms. The van der Waals surface area contributed by atoms with E-state index in [2.05, 4.69) is 5.10 Å². The first-order valence-corrected chi connectivity index (χ1v) is 8.03. The van der Waals surface area contributed by atoms with E-state index < -0.39 is 17.8 Å². The number of aromatic nitrogens is 2. The van der Waals surface area contributed by atoms with E-state index in [0.29, 0.717) is 16.8 Å². The lowest BCUT2D eigenvalue weighted by Crippen LogP contribution is -2.18. The maximum atomic E-state index is 13.1. The fraction of sp³-hybridized carbons (Fsp3) is 0.158. The van der Waals surface area contributed by atoms with E-state index in [1.165, 1.54) is 22.3 Å². The highest BCUT2D eigenvalue weighted by Crippen LogP contribution is 2.32. The average molecular weight is 375 g/mol. The summed E-state index contributed by atoms with van der Waals surface area (Å²) in [7, 11) is 0. The third-order valence-electron chi connectivity index (χ3n) is 4.07. The highest BCUT2D eigenvalue weighted by Gasteiger charge is 2.35. The number of nitrogens with one attached hydrogen (secondary N) is 1. The normalized spacial score (nSPS) is 11.4. The predicted molar refractivity (Wildman–Crippen MR) is 92.2 cm³/mol. The molecule has 0 bridgehead atoms. The van der Waals surface area contributed by atoms with Gasteiger partial charge in [0.15, 0.2) is 5.69 Å². The molecule has 0 spiro atoms. The zero-order chi connectivity index (χ0) is 19.6. The van der Waals surface area contributed by atoms with Crippen molar-refractivity contribution in [1.29, 1.82) is 0 Å². The monoisotopic (exact) mass is 375 g/mol. The summed E-state index contributed by atoms with van der Waals surface area (Å²) in [6.07, 6.45) is -4.55. The van der Waals surface area contributed by atoms with E-state index in [9.17, 15) is 18.0 Å². The second-order valence-corrected chi connectivity index (χ2v) is 6.07. The standard InChI is InChI=1S/C19H16F3N3O2/c1-12-2-6-14(7-3-12)16-10-17(19(20,21)22)23-25(16)11-13-4-8-15(9-5-13)18(26)24-27/h2-10,27H,11H2,1H3,(H,24,26). The van der Waals surface area contributed by atoms with Crippen LogP contribution in [0.1, 0.15) is 27.2 Å². The van der Waals surface area contributed by atoms with Gasteiger partial charge in [-0.1, -0.05) is 42.0 Å². The zero-order valence-corrected chi connectivity index (χ0v) is 14.3. The second kappa shape index (κ2) is 7.24. The van der Waals surface area contributed by atoms with Gasteiger partial charge in [-0.25, -0.2) is 5.48 Å². The van der Waals surface area contributed by atoms with Crippen LogP contribution >= 0.6 is 0 Å². The van der Waals surface area contributed by atoms with Crippen LogP contribution in [0.25, 0.3) is 11.3 Å². The van der Waals surface area contributed by atoms with Gasteiger partial charge < -0.3 is 0 Å². The molecule has 0 radical (unpaired) electrons. The number of aryl methyl sites for hydroxylation is 1. The molecule has 0 unspecified atom stereocenters. The van der Waals surface area contributed by atoms with Gasteiger partial charge in [0.1, 0.15) is 0 Å². The number of benzene rings is 2. The Morgan fingerprint density at radius 1 is 1.11 bits per heavy atom. The maximum Gasteiger partial charge on any atom is 0.435 e. The molecule has 3 rings (SSSR count). The second-order valence-electron chi connectivity index (χ2n) is 6.07. The van der Waals surface area contributed by atoms with Crippen molar-refractivity contribution in [3.05, 3.63) is 77.0 Å². The Morgan fingerprint density at radius 2 is 1.74 bits per heavy atom. The Bertz CT molecular complexity index is 946. The van der Waals surface area contributed by atoms with Crippen molar-refractivity contribution in [2.45, 2.75) is 19.6 Å². The van der Waals surface area contributed by atoms with Crippen LogP contribution in [-0.4, -0.2) is 20.9 Å². The van der Waals surface area contributed by atoms with E-state index in [4.69, 9.17) is 5.21 Å². The summed E-state index contributed by atoms with van der Waals surface area (Å²) in [5.41, 5.74) is 3.43. The van der Waals surface area contributed by atoms with Crippen molar-refractivity contribution in [2.24, 2.45) is 0 Å². The van der Waals surface area contributed by atoms with Gasteiger partial charge in [-0.15, -0.1) is 0 Å². The molecule has 0 aliphatic carbocycles. The van der Waals surface area contributed by atoms with E-state index in [0.717, 1.165) is 11.6 Å². The van der Waals surface area contributed by atoms with Crippen LogP contribution < -0.4 is 5.48 Å². The fourth-order valence-electron chi connectivity index (χ4n) is 2.63. The number of amides is 1. The van der Waals surface area contributed by atoms with Gasteiger partial charge in [0.25, 0.3) is 5.91 Å². The van der Waals surface area contributed by atoms with Gasteiger partial charge in [0.05, 0.1) is 12.2 Å². The highest BCUT2D eigenvalue weighted by molar-refractivity contribution is 5.93. The van der Waals surface area contributed by atoms with Crippen molar-refractivity contribution in [3.63, 3.8) is 0 Å². The van der Waals surface area contributed by atoms with E-state index in [-0.39, 0.29) is 12.1 Å². The number of hydrogen-bond donors (Lipinski definition) is 2. The lowest BCUT2D eigenvalue weighted by molar-refractivity contribution is -0.141. The number of hydroxylamine groups is 1. The van der Waals surface area contributed by atoms with Crippen molar-refractivity contribution in [3.8, 4) is 11.3 Å². The molecule has 0 aliphatic rings. The Morgan fingerprint density at radius 3 is 2.30 bits per heavy atom. The van der Waals surface area contributed by atoms with Gasteiger partial charge >= 0.3 is 6.18 Å². The van der Waals surface area contributed by atoms with Gasteiger partial charge in [-0.3, -0.25) is 14.7 Å². The predicted octanol–water partition coefficient (Wildman–Crippen LogP) is 4.04. The molecular weight excluding hydrogens is 359 g/mol. The molecule has 1 heterocycles. The number of carbonyl (C=O) groups excluding carboxylic acids is 1. The van der Waals surface area contributed by atoms with E-state index >= 15 is 0 Å². The largest absolute Gasteiger partial charge is 0.435 e. The molecule has 5 nitrogen and oxygen atoms in total. The van der Waals surface area contributed by atoms with Crippen LogP contribution in [0.2, 0.25) is 0 Å². The summed E-state index contributed by atoms with van der Waals surface area (Å²) in [4.78, 5) is 11.4. The van der Waals surface area contributed by atoms with E-state index in [1.807, 2.05) is 19.1 Å². The minimum atomic E-state index is -4.55. The lowest BCUT2D eigenvalue weighted by atomic mass is 10.1. The van der Waals surface area contributed by atoms with Gasteiger partial charge in [-0.05, 0) is 36.2 Å². The molecule has 0 atom stereocenters. The molecule has 2 aromatic carbocycles. The van der Waals surface area contributed by atoms with Gasteiger partial charge in [-0.2, -0.15) is 18.3 Å². The molecule has 2 N–H and O–H groups in total. The Hall–Kier alpha value is -3.13. The summed E-state index contributed by atoms with van der Waals surface area (Å²) in [5.74, 6) is -0.666. The number of nitrogens with zero attached hydrogens (tertiary/aromatic N) is 2. The van der Waals surface area contributed by atoms with Crippen molar-refractivity contribution in [1.82, 2.24) is 15.3 Å². The number of rotatable bonds is 4. The van der Waals surface area contributed by atoms with Gasteiger partial charge in [0.2, 0.25) is 0 Å². The SMILES string of the molecule is Cc1ccc(-c2cc(C(F)(F)F)nn2Cc2ccc(C(=O)NO)cc2)cc1. The number of carbonyl (C=O) groups is 1. The van der Waals surface area contributed by atoms with Crippen LogP contribution in [-0.2, 0) is 12.7 Å². The zero-order valence-electron chi connectivity index (χ0n) is 14.3. The maximum absolute atomic E-state index is 13.1. The molecule has 0 saturated carbocycles. The summed E-state index contributed by atoms with van der Waals surface area (Å²) in [5, 5.41) is 12.4. The molecule has 140 valence electrons. The fourth-order valence-corrected chi connectivity index (χ4v) is 2.63. The first-order valence-electron chi connectivity index (χ1n) is 8.03. The smallest absolute Gasteiger partial charge is 0.288 e. The Kier molecular flexibility index (Phi) is 5.00. The van der Waals surface area contributed by atoms with Crippen LogP contribution in [0.15, 0.2) is 54.6 Å². The van der Waals surface area contributed by atoms with Crippen LogP contribution in [0.4, 0.5) is 13.2 Å². The summed E-state index contributed by atoms with van der Waals surface area (Å²) in [6, 6.07) is 14.3. The number of hydrogen-bond acceptors (Lipinski definition) is 3. The average Bonchev–Trinajstić information content (AvgIpc) is 3.06. The van der Waals surface area contributed by atoms with Gasteiger partial charge in [0, 0.05) is 5.56 Å². The Labute approximate surface area is 153 Å². The number of halogens is 3. The van der Waals surface area contributed by atoms with Crippen LogP contribution in [0, 0.1) is 6.92 Å². The van der Waals surface area contributed by atoms with Crippen molar-refractivity contribution in [2.75, 3.05) is 0 Å². The molecule has 1 amide bonds. The summed E-state index contributed by atoms with van der Waals surface area (Å²) >= 11 is 0. The molecule has 0 fully saturated rings. The quantitative estimate of drug-likeness (QED) is 0.534. The molecule has 3 aromatic rings. The highest BCUT2D eigenvalue weighted by atomic mass is 19.4. The minimum Gasteiger partial charge on any atom is -0.288 e. The topological polar surface area (TPSA) is 67.2 Å². The first kappa shape index (κ1) is 18.7. The van der Waals surface area contributed by atoms with Crippen LogP contribution in [0.5, 0.6) is 0 Å². The number of alkyl halides is 3. The minimum absolute atomic E-state index is 0.0975. The summed E-state index contributed by atoms with van der Waals surface area (Å²) in [6.45, 7) is 1.99. The van der Waals surface area contributed by atoms with E-state index in [1.54, 1.807) is 24.3 Å². The van der Waals surface area contributed by atoms with Crippen LogP contribution in [0.3, 0.4) is 0 Å². The molecule has 0 aliphatic heterocycles. The molecular formula is C19H16F3N3O2. The lowest BCUT2D eigenvalue weighted by Gasteiger charge is -2.09. The summed E-state index contributed by atoms with van der Waals surface area (Å²) < 4.78 is 40.7. The van der Waals surface area contributed by atoms with Crippen molar-refractivity contribution >= 4 is 5.91 Å².